The maximum absolute atomic E-state index is 13.9. The van der Waals surface area contributed by atoms with Crippen molar-refractivity contribution >= 4 is 11.8 Å². The second-order valence-corrected chi connectivity index (χ2v) is 8.58. The van der Waals surface area contributed by atoms with Crippen molar-refractivity contribution in [2.45, 2.75) is 55.7 Å². The topological polar surface area (TPSA) is 74.0 Å². The molecule has 11 heteroatoms. The van der Waals surface area contributed by atoms with E-state index in [-0.39, 0.29) is 24.4 Å². The van der Waals surface area contributed by atoms with Crippen LogP contribution in [0.3, 0.4) is 0 Å². The molecule has 2 heterocycles. The average Bonchev–Trinajstić information content (AvgIpc) is 3.30. The maximum atomic E-state index is 13.9. The lowest BCUT2D eigenvalue weighted by Crippen LogP contribution is -2.58. The van der Waals surface area contributed by atoms with Gasteiger partial charge in [0.05, 0.1) is 0 Å². The Hall–Kier alpha value is -2.98. The van der Waals surface area contributed by atoms with Crippen LogP contribution in [0.2, 0.25) is 0 Å². The lowest BCUT2D eigenvalue weighted by atomic mass is 9.63. The molecule has 1 aliphatic heterocycles. The highest BCUT2D eigenvalue weighted by molar-refractivity contribution is 5.89. The minimum Gasteiger partial charge on any atom is -0.357 e. The van der Waals surface area contributed by atoms with Crippen molar-refractivity contribution in [2.24, 2.45) is 0 Å². The predicted molar refractivity (Wildman–Crippen MR) is 106 cm³/mol. The van der Waals surface area contributed by atoms with Gasteiger partial charge in [0.25, 0.3) is 5.92 Å². The predicted octanol–water partition coefficient (Wildman–Crippen LogP) is 3.99. The standard InChI is InChI=1S/C22H21F6N3O2/c23-14-4-1-12(2-5-14)18-13(3-6-17(32)30-15-7-8-29-19(15)33)9-16(31-18)20(22(26,27)28)10-21(24,25)11-20/h1-2,4-5,9,15,31H,3,6-8,10-11H2,(H,29,33)(H,30,32). The van der Waals surface area contributed by atoms with E-state index in [1.807, 2.05) is 0 Å². The van der Waals surface area contributed by atoms with Gasteiger partial charge in [0.1, 0.15) is 17.3 Å². The van der Waals surface area contributed by atoms with Crippen LogP contribution < -0.4 is 10.6 Å². The van der Waals surface area contributed by atoms with E-state index >= 15 is 0 Å². The van der Waals surface area contributed by atoms with Gasteiger partial charge in [-0.3, -0.25) is 9.59 Å². The van der Waals surface area contributed by atoms with Crippen LogP contribution in [0.5, 0.6) is 0 Å². The van der Waals surface area contributed by atoms with Gasteiger partial charge in [0.2, 0.25) is 11.8 Å². The molecule has 2 fully saturated rings. The highest BCUT2D eigenvalue weighted by atomic mass is 19.4. The summed E-state index contributed by atoms with van der Waals surface area (Å²) in [5, 5.41) is 5.15. The molecule has 2 aromatic rings. The van der Waals surface area contributed by atoms with Crippen molar-refractivity contribution in [1.29, 1.82) is 0 Å². The molecule has 1 aromatic carbocycles. The molecule has 2 amide bonds. The second kappa shape index (κ2) is 8.11. The number of carbonyl (C=O) groups excluding carboxylic acids is 2. The van der Waals surface area contributed by atoms with Crippen molar-refractivity contribution in [2.75, 3.05) is 6.54 Å². The summed E-state index contributed by atoms with van der Waals surface area (Å²) in [6, 6.07) is 5.46. The molecule has 1 saturated heterocycles. The monoisotopic (exact) mass is 473 g/mol. The Morgan fingerprint density at radius 1 is 1.15 bits per heavy atom. The van der Waals surface area contributed by atoms with Crippen LogP contribution in [0, 0.1) is 5.82 Å². The summed E-state index contributed by atoms with van der Waals surface area (Å²) in [5.74, 6) is -4.76. The number of carbonyl (C=O) groups is 2. The van der Waals surface area contributed by atoms with Crippen molar-refractivity contribution in [3.8, 4) is 11.3 Å². The van der Waals surface area contributed by atoms with Crippen molar-refractivity contribution < 1.29 is 35.9 Å². The third-order valence-corrected chi connectivity index (χ3v) is 6.22. The Kier molecular flexibility index (Phi) is 5.69. The third kappa shape index (κ3) is 4.45. The molecule has 1 unspecified atom stereocenters. The smallest absolute Gasteiger partial charge is 0.357 e. The van der Waals surface area contributed by atoms with Crippen molar-refractivity contribution in [3.63, 3.8) is 0 Å². The van der Waals surface area contributed by atoms with Gasteiger partial charge in [0.15, 0.2) is 0 Å². The summed E-state index contributed by atoms with van der Waals surface area (Å²) in [5.41, 5.74) is -2.27. The normalized spacial score (nSPS) is 21.4. The largest absolute Gasteiger partial charge is 0.400 e. The highest BCUT2D eigenvalue weighted by Crippen LogP contribution is 2.61. The van der Waals surface area contributed by atoms with Crippen LogP contribution in [0.4, 0.5) is 26.3 Å². The number of aromatic amines is 1. The number of nitrogens with one attached hydrogen (secondary N) is 3. The van der Waals surface area contributed by atoms with E-state index in [1.54, 1.807) is 0 Å². The lowest BCUT2D eigenvalue weighted by Gasteiger charge is -2.47. The molecule has 0 spiro atoms. The first-order valence-corrected chi connectivity index (χ1v) is 10.4. The zero-order valence-electron chi connectivity index (χ0n) is 17.3. The zero-order valence-corrected chi connectivity index (χ0v) is 17.3. The van der Waals surface area contributed by atoms with E-state index < -0.39 is 53.8 Å². The van der Waals surface area contributed by atoms with Crippen LogP contribution in [-0.4, -0.2) is 41.5 Å². The fourth-order valence-electron chi connectivity index (χ4n) is 4.45. The Labute approximate surface area is 184 Å². The second-order valence-electron chi connectivity index (χ2n) is 8.58. The number of aromatic nitrogens is 1. The highest BCUT2D eigenvalue weighted by Gasteiger charge is 2.71. The van der Waals surface area contributed by atoms with Gasteiger partial charge in [0, 0.05) is 37.2 Å². The minimum absolute atomic E-state index is 0.00624. The van der Waals surface area contributed by atoms with Gasteiger partial charge in [-0.15, -0.1) is 0 Å². The van der Waals surface area contributed by atoms with E-state index in [4.69, 9.17) is 0 Å². The van der Waals surface area contributed by atoms with E-state index in [0.717, 1.165) is 18.2 Å². The Morgan fingerprint density at radius 3 is 2.36 bits per heavy atom. The molecule has 1 aliphatic carbocycles. The maximum Gasteiger partial charge on any atom is 0.400 e. The summed E-state index contributed by atoms with van der Waals surface area (Å²) in [6.07, 6.45) is -7.36. The van der Waals surface area contributed by atoms with E-state index in [2.05, 4.69) is 15.6 Å². The van der Waals surface area contributed by atoms with Crippen LogP contribution in [0.1, 0.15) is 36.9 Å². The molecule has 178 valence electrons. The van der Waals surface area contributed by atoms with Gasteiger partial charge in [-0.1, -0.05) is 0 Å². The molecule has 1 aromatic heterocycles. The first kappa shape index (κ1) is 23.2. The molecular formula is C22H21F6N3O2. The number of aryl methyl sites for hydroxylation is 1. The summed E-state index contributed by atoms with van der Waals surface area (Å²) in [4.78, 5) is 26.6. The van der Waals surface area contributed by atoms with E-state index in [9.17, 15) is 35.9 Å². The number of rotatable bonds is 6. The first-order valence-electron chi connectivity index (χ1n) is 10.4. The quantitative estimate of drug-likeness (QED) is 0.556. The number of hydrogen-bond acceptors (Lipinski definition) is 2. The molecule has 0 bridgehead atoms. The molecule has 5 nitrogen and oxygen atoms in total. The Bertz CT molecular complexity index is 1050. The van der Waals surface area contributed by atoms with E-state index in [0.29, 0.717) is 24.1 Å². The Morgan fingerprint density at radius 2 is 1.82 bits per heavy atom. The van der Waals surface area contributed by atoms with Gasteiger partial charge in [-0.25, -0.2) is 13.2 Å². The summed E-state index contributed by atoms with van der Waals surface area (Å²) in [6.45, 7) is 0.434. The number of alkyl halides is 5. The fraction of sp³-hybridized carbons (Fsp3) is 0.455. The molecule has 0 radical (unpaired) electrons. The van der Waals surface area contributed by atoms with Crippen molar-refractivity contribution in [1.82, 2.24) is 15.6 Å². The first-order chi connectivity index (χ1) is 15.4. The lowest BCUT2D eigenvalue weighted by molar-refractivity contribution is -0.271. The molecule has 1 atom stereocenters. The molecule has 3 N–H and O–H groups in total. The molecule has 1 saturated carbocycles. The van der Waals surface area contributed by atoms with Gasteiger partial charge in [-0.2, -0.15) is 13.2 Å². The SMILES string of the molecule is O=C(CCc1cc(C2(C(F)(F)F)CC(F)(F)C2)[nH]c1-c1ccc(F)cc1)NC1CCNC1=O. The van der Waals surface area contributed by atoms with Crippen LogP contribution in [-0.2, 0) is 21.4 Å². The van der Waals surface area contributed by atoms with Crippen LogP contribution in [0.15, 0.2) is 30.3 Å². The summed E-state index contributed by atoms with van der Waals surface area (Å²) < 4.78 is 82.0. The summed E-state index contributed by atoms with van der Waals surface area (Å²) >= 11 is 0. The zero-order chi connectivity index (χ0) is 24.0. The number of hydrogen-bond donors (Lipinski definition) is 3. The average molecular weight is 473 g/mol. The number of halogens is 6. The van der Waals surface area contributed by atoms with Crippen molar-refractivity contribution in [3.05, 3.63) is 47.4 Å². The third-order valence-electron chi connectivity index (χ3n) is 6.22. The Balaban J connectivity index is 1.62. The van der Waals surface area contributed by atoms with E-state index in [1.165, 1.54) is 12.1 Å². The molecule has 33 heavy (non-hydrogen) atoms. The number of H-pyrrole nitrogens is 1. The van der Waals surface area contributed by atoms with Crippen LogP contribution >= 0.6 is 0 Å². The van der Waals surface area contributed by atoms with Gasteiger partial charge in [-0.05, 0) is 54.3 Å². The van der Waals surface area contributed by atoms with Crippen LogP contribution in [0.25, 0.3) is 11.3 Å². The number of benzene rings is 1. The van der Waals surface area contributed by atoms with Gasteiger partial charge >= 0.3 is 6.18 Å². The molecule has 4 rings (SSSR count). The number of amides is 2. The molecule has 2 aliphatic rings. The van der Waals surface area contributed by atoms with Gasteiger partial charge < -0.3 is 15.6 Å². The summed E-state index contributed by atoms with van der Waals surface area (Å²) in [7, 11) is 0. The fourth-order valence-corrected chi connectivity index (χ4v) is 4.45. The molecular weight excluding hydrogens is 452 g/mol. The minimum atomic E-state index is -4.91.